The fourth-order valence-electron chi connectivity index (χ4n) is 2.20. The molecule has 0 aliphatic heterocycles. The molecule has 0 aliphatic rings. The van der Waals surface area contributed by atoms with Gasteiger partial charge in [0.25, 0.3) is 11.8 Å². The largest absolute Gasteiger partial charge is 0.457 e. The number of carbonyl (C=O) groups is 2. The molecule has 2 amide bonds. The molecule has 0 aromatic heterocycles. The molecule has 130 valence electrons. The molecule has 0 fully saturated rings. The Morgan fingerprint density at radius 2 is 1.27 bits per heavy atom. The normalized spacial score (nSPS) is 10.0. The molecule has 0 atom stereocenters. The Kier molecular flexibility index (Phi) is 5.66. The van der Waals surface area contributed by atoms with Crippen LogP contribution in [0.25, 0.3) is 0 Å². The molecular weight excluding hydrogens is 396 g/mol. The Balaban J connectivity index is 1.58. The maximum absolute atomic E-state index is 12.2. The van der Waals surface area contributed by atoms with Crippen LogP contribution in [0, 0.1) is 0 Å². The molecule has 0 radical (unpaired) electrons. The summed E-state index contributed by atoms with van der Waals surface area (Å²) in [5.41, 5.74) is 5.62. The standard InChI is InChI=1S/C20H15BrN2O3/c21-18-9-5-4-8-17(18)20(25)23-22-19(24)14-10-12-16(13-11-14)26-15-6-2-1-3-7-15/h1-13H,(H,22,24)(H,23,25). The average molecular weight is 411 g/mol. The third-order valence-corrected chi connectivity index (χ3v) is 4.19. The van der Waals surface area contributed by atoms with Crippen LogP contribution >= 0.6 is 15.9 Å². The third-order valence-electron chi connectivity index (χ3n) is 3.50. The van der Waals surface area contributed by atoms with Crippen molar-refractivity contribution in [3.8, 4) is 11.5 Å². The first kappa shape index (κ1) is 17.7. The zero-order chi connectivity index (χ0) is 18.4. The van der Waals surface area contributed by atoms with Crippen molar-refractivity contribution in [2.75, 3.05) is 0 Å². The lowest BCUT2D eigenvalue weighted by Gasteiger charge is -2.09. The van der Waals surface area contributed by atoms with Gasteiger partial charge in [0.05, 0.1) is 5.56 Å². The SMILES string of the molecule is O=C(NNC(=O)c1ccccc1Br)c1ccc(Oc2ccccc2)cc1. The Morgan fingerprint density at radius 1 is 0.692 bits per heavy atom. The first-order valence-electron chi connectivity index (χ1n) is 7.81. The van der Waals surface area contributed by atoms with Gasteiger partial charge in [-0.05, 0) is 64.5 Å². The topological polar surface area (TPSA) is 67.4 Å². The van der Waals surface area contributed by atoms with Gasteiger partial charge >= 0.3 is 0 Å². The van der Waals surface area contributed by atoms with E-state index in [2.05, 4.69) is 26.8 Å². The van der Waals surface area contributed by atoms with E-state index in [1.165, 1.54) is 0 Å². The van der Waals surface area contributed by atoms with Gasteiger partial charge in [-0.3, -0.25) is 20.4 Å². The van der Waals surface area contributed by atoms with Crippen LogP contribution in [0.5, 0.6) is 11.5 Å². The molecule has 6 heteroatoms. The second-order valence-corrected chi connectivity index (χ2v) is 6.18. The summed E-state index contributed by atoms with van der Waals surface area (Å²) in [5.74, 6) is 0.502. The van der Waals surface area contributed by atoms with E-state index in [1.54, 1.807) is 48.5 Å². The summed E-state index contributed by atoms with van der Waals surface area (Å²) < 4.78 is 6.32. The second kappa shape index (κ2) is 8.31. The number of hydrazine groups is 1. The van der Waals surface area contributed by atoms with E-state index in [0.29, 0.717) is 27.1 Å². The van der Waals surface area contributed by atoms with Gasteiger partial charge in [0.1, 0.15) is 11.5 Å². The van der Waals surface area contributed by atoms with Crippen LogP contribution in [0.15, 0.2) is 83.3 Å². The van der Waals surface area contributed by atoms with Crippen LogP contribution in [0.4, 0.5) is 0 Å². The second-order valence-electron chi connectivity index (χ2n) is 5.33. The summed E-state index contributed by atoms with van der Waals surface area (Å²) >= 11 is 3.30. The van der Waals surface area contributed by atoms with Gasteiger partial charge in [0, 0.05) is 10.0 Å². The fraction of sp³-hybridized carbons (Fsp3) is 0. The van der Waals surface area contributed by atoms with Crippen LogP contribution in [0.3, 0.4) is 0 Å². The molecular formula is C20H15BrN2O3. The summed E-state index contributed by atoms with van der Waals surface area (Å²) in [6.07, 6.45) is 0. The maximum Gasteiger partial charge on any atom is 0.270 e. The third kappa shape index (κ3) is 4.49. The van der Waals surface area contributed by atoms with Gasteiger partial charge in [0.2, 0.25) is 0 Å². The Morgan fingerprint density at radius 3 is 1.96 bits per heavy atom. The van der Waals surface area contributed by atoms with E-state index >= 15 is 0 Å². The van der Waals surface area contributed by atoms with Crippen molar-refractivity contribution in [3.63, 3.8) is 0 Å². The highest BCUT2D eigenvalue weighted by Crippen LogP contribution is 2.21. The molecule has 3 rings (SSSR count). The minimum Gasteiger partial charge on any atom is -0.457 e. The lowest BCUT2D eigenvalue weighted by atomic mass is 10.2. The molecule has 26 heavy (non-hydrogen) atoms. The first-order valence-corrected chi connectivity index (χ1v) is 8.61. The smallest absolute Gasteiger partial charge is 0.270 e. The summed E-state index contributed by atoms with van der Waals surface area (Å²) in [6.45, 7) is 0. The van der Waals surface area contributed by atoms with E-state index < -0.39 is 11.8 Å². The average Bonchev–Trinajstić information content (AvgIpc) is 2.67. The molecule has 0 aliphatic carbocycles. The molecule has 0 unspecified atom stereocenters. The predicted octanol–water partition coefficient (Wildman–Crippen LogP) is 4.32. The molecule has 5 nitrogen and oxygen atoms in total. The van der Waals surface area contributed by atoms with Crippen molar-refractivity contribution in [2.45, 2.75) is 0 Å². The van der Waals surface area contributed by atoms with Crippen molar-refractivity contribution >= 4 is 27.7 Å². The van der Waals surface area contributed by atoms with E-state index in [9.17, 15) is 9.59 Å². The number of para-hydroxylation sites is 1. The van der Waals surface area contributed by atoms with Gasteiger partial charge in [-0.1, -0.05) is 30.3 Å². The zero-order valence-electron chi connectivity index (χ0n) is 13.6. The first-order chi connectivity index (χ1) is 12.6. The summed E-state index contributed by atoms with van der Waals surface area (Å²) in [4.78, 5) is 24.2. The van der Waals surface area contributed by atoms with Crippen LogP contribution in [0.2, 0.25) is 0 Å². The number of nitrogens with one attached hydrogen (secondary N) is 2. The molecule has 2 N–H and O–H groups in total. The zero-order valence-corrected chi connectivity index (χ0v) is 15.2. The fourth-order valence-corrected chi connectivity index (χ4v) is 2.66. The molecule has 0 saturated carbocycles. The van der Waals surface area contributed by atoms with Gasteiger partial charge < -0.3 is 4.74 Å². The van der Waals surface area contributed by atoms with E-state index in [0.717, 1.165) is 0 Å². The number of hydrogen-bond donors (Lipinski definition) is 2. The predicted molar refractivity (Wildman–Crippen MR) is 102 cm³/mol. The molecule has 0 saturated heterocycles. The monoisotopic (exact) mass is 410 g/mol. The van der Waals surface area contributed by atoms with E-state index in [-0.39, 0.29) is 0 Å². The maximum atomic E-state index is 12.2. The summed E-state index contributed by atoms with van der Waals surface area (Å²) in [6, 6.07) is 22.9. The van der Waals surface area contributed by atoms with Crippen molar-refractivity contribution < 1.29 is 14.3 Å². The Bertz CT molecular complexity index is 912. The van der Waals surface area contributed by atoms with Crippen molar-refractivity contribution in [3.05, 3.63) is 94.5 Å². The minimum atomic E-state index is -0.420. The van der Waals surface area contributed by atoms with Gasteiger partial charge in [-0.15, -0.1) is 0 Å². The van der Waals surface area contributed by atoms with Crippen molar-refractivity contribution in [1.82, 2.24) is 10.9 Å². The molecule has 3 aromatic rings. The van der Waals surface area contributed by atoms with Crippen LogP contribution in [-0.4, -0.2) is 11.8 Å². The highest BCUT2D eigenvalue weighted by Gasteiger charge is 2.11. The highest BCUT2D eigenvalue weighted by atomic mass is 79.9. The van der Waals surface area contributed by atoms with Gasteiger partial charge in [0.15, 0.2) is 0 Å². The number of carbonyl (C=O) groups excluding carboxylic acids is 2. The van der Waals surface area contributed by atoms with Crippen LogP contribution in [0.1, 0.15) is 20.7 Å². The number of halogens is 1. The highest BCUT2D eigenvalue weighted by molar-refractivity contribution is 9.10. The molecule has 3 aromatic carbocycles. The minimum absolute atomic E-state index is 0.401. The van der Waals surface area contributed by atoms with E-state index in [1.807, 2.05) is 30.3 Å². The Hall–Kier alpha value is -3.12. The number of ether oxygens (including phenoxy) is 1. The van der Waals surface area contributed by atoms with Crippen LogP contribution < -0.4 is 15.6 Å². The quantitative estimate of drug-likeness (QED) is 0.629. The number of rotatable bonds is 4. The lowest BCUT2D eigenvalue weighted by molar-refractivity contribution is 0.0846. The van der Waals surface area contributed by atoms with Crippen LogP contribution in [-0.2, 0) is 0 Å². The lowest BCUT2D eigenvalue weighted by Crippen LogP contribution is -2.41. The summed E-state index contributed by atoms with van der Waals surface area (Å²) in [7, 11) is 0. The molecule has 0 heterocycles. The number of hydrogen-bond acceptors (Lipinski definition) is 3. The molecule has 0 bridgehead atoms. The van der Waals surface area contributed by atoms with Gasteiger partial charge in [-0.2, -0.15) is 0 Å². The Labute approximate surface area is 159 Å². The van der Waals surface area contributed by atoms with Crippen molar-refractivity contribution in [2.24, 2.45) is 0 Å². The van der Waals surface area contributed by atoms with Gasteiger partial charge in [-0.25, -0.2) is 0 Å². The summed E-state index contributed by atoms with van der Waals surface area (Å²) in [5, 5.41) is 0. The molecule has 0 spiro atoms. The van der Waals surface area contributed by atoms with Crippen molar-refractivity contribution in [1.29, 1.82) is 0 Å². The number of benzene rings is 3. The van der Waals surface area contributed by atoms with E-state index in [4.69, 9.17) is 4.74 Å². The number of amides is 2.